The fourth-order valence-corrected chi connectivity index (χ4v) is 3.24. The average molecular weight is 276 g/mol. The van der Waals surface area contributed by atoms with E-state index in [2.05, 4.69) is 12.1 Å². The summed E-state index contributed by atoms with van der Waals surface area (Å²) in [7, 11) is 1.67. The molecule has 0 radical (unpaired) electrons. The van der Waals surface area contributed by atoms with E-state index in [-0.39, 0.29) is 11.4 Å². The van der Waals surface area contributed by atoms with Crippen LogP contribution >= 0.6 is 0 Å². The Labute approximate surface area is 121 Å². The summed E-state index contributed by atoms with van der Waals surface area (Å²) in [5.74, 6) is 0.822. The molecular formula is C17H24O3. The summed E-state index contributed by atoms with van der Waals surface area (Å²) in [5.41, 5.74) is 1.37. The Bertz CT molecular complexity index is 430. The van der Waals surface area contributed by atoms with E-state index < -0.39 is 0 Å². The topological polar surface area (TPSA) is 35.5 Å². The molecule has 3 nitrogen and oxygen atoms in total. The molecular weight excluding hydrogens is 252 g/mol. The van der Waals surface area contributed by atoms with Crippen molar-refractivity contribution in [2.75, 3.05) is 13.7 Å². The summed E-state index contributed by atoms with van der Waals surface area (Å²) in [6.45, 7) is 2.33. The van der Waals surface area contributed by atoms with Crippen LogP contribution in [0, 0.1) is 5.41 Å². The van der Waals surface area contributed by atoms with E-state index >= 15 is 0 Å². The van der Waals surface area contributed by atoms with Crippen molar-refractivity contribution in [3.63, 3.8) is 0 Å². The van der Waals surface area contributed by atoms with Crippen molar-refractivity contribution in [2.45, 2.75) is 45.4 Å². The zero-order valence-electron chi connectivity index (χ0n) is 12.5. The van der Waals surface area contributed by atoms with Gasteiger partial charge in [0.05, 0.1) is 20.1 Å². The molecule has 1 aromatic carbocycles. The molecule has 0 aliphatic heterocycles. The summed E-state index contributed by atoms with van der Waals surface area (Å²) in [6.07, 6.45) is 6.18. The summed E-state index contributed by atoms with van der Waals surface area (Å²) >= 11 is 0. The highest BCUT2D eigenvalue weighted by Crippen LogP contribution is 2.44. The Kier molecular flexibility index (Phi) is 5.05. The van der Waals surface area contributed by atoms with Crippen LogP contribution in [0.2, 0.25) is 0 Å². The number of carbonyl (C=O) groups excluding carboxylic acids is 1. The number of methoxy groups -OCH3 is 1. The van der Waals surface area contributed by atoms with Crippen molar-refractivity contribution in [1.82, 2.24) is 0 Å². The molecule has 20 heavy (non-hydrogen) atoms. The molecule has 0 saturated heterocycles. The number of benzene rings is 1. The number of ether oxygens (including phenoxy) is 2. The van der Waals surface area contributed by atoms with Crippen molar-refractivity contribution in [3.8, 4) is 5.75 Å². The second-order valence-electron chi connectivity index (χ2n) is 5.71. The van der Waals surface area contributed by atoms with Gasteiger partial charge in [0.25, 0.3) is 0 Å². The predicted octanol–water partition coefficient (Wildman–Crippen LogP) is 3.75. The van der Waals surface area contributed by atoms with Crippen LogP contribution in [-0.2, 0) is 16.0 Å². The van der Waals surface area contributed by atoms with E-state index in [0.29, 0.717) is 13.0 Å². The number of carbonyl (C=O) groups is 1. The first-order valence-electron chi connectivity index (χ1n) is 7.46. The Morgan fingerprint density at radius 2 is 1.85 bits per heavy atom. The van der Waals surface area contributed by atoms with Crippen LogP contribution in [0.4, 0.5) is 0 Å². The van der Waals surface area contributed by atoms with Gasteiger partial charge in [-0.25, -0.2) is 0 Å². The third kappa shape index (κ3) is 3.75. The summed E-state index contributed by atoms with van der Waals surface area (Å²) < 4.78 is 10.3. The summed E-state index contributed by atoms with van der Waals surface area (Å²) in [6, 6.07) is 8.18. The molecule has 110 valence electrons. The Morgan fingerprint density at radius 3 is 2.40 bits per heavy atom. The van der Waals surface area contributed by atoms with Gasteiger partial charge in [0.15, 0.2) is 0 Å². The molecule has 1 aliphatic rings. The first-order valence-corrected chi connectivity index (χ1v) is 7.46. The third-order valence-corrected chi connectivity index (χ3v) is 4.23. The monoisotopic (exact) mass is 276 g/mol. The fourth-order valence-electron chi connectivity index (χ4n) is 3.24. The van der Waals surface area contributed by atoms with Gasteiger partial charge in [-0.05, 0) is 49.3 Å². The molecule has 0 N–H and O–H groups in total. The van der Waals surface area contributed by atoms with Crippen LogP contribution in [0.3, 0.4) is 0 Å². The Hall–Kier alpha value is -1.51. The normalized spacial score (nSPS) is 16.9. The number of hydrogen-bond acceptors (Lipinski definition) is 3. The quantitative estimate of drug-likeness (QED) is 0.742. The highest BCUT2D eigenvalue weighted by atomic mass is 16.5. The van der Waals surface area contributed by atoms with Crippen LogP contribution in [0.5, 0.6) is 5.75 Å². The van der Waals surface area contributed by atoms with E-state index in [1.54, 1.807) is 7.11 Å². The van der Waals surface area contributed by atoms with Crippen molar-refractivity contribution < 1.29 is 14.3 Å². The fraction of sp³-hybridized carbons (Fsp3) is 0.588. The second kappa shape index (κ2) is 6.78. The number of esters is 1. The Morgan fingerprint density at radius 1 is 1.20 bits per heavy atom. The molecule has 0 unspecified atom stereocenters. The van der Waals surface area contributed by atoms with E-state index in [1.165, 1.54) is 18.4 Å². The number of rotatable bonds is 6. The first kappa shape index (κ1) is 14.9. The molecule has 1 aliphatic carbocycles. The van der Waals surface area contributed by atoms with Crippen LogP contribution in [0.15, 0.2) is 24.3 Å². The maximum atomic E-state index is 11.9. The lowest BCUT2D eigenvalue weighted by atomic mass is 9.77. The SMILES string of the molecule is CCOC(=O)CC1(Cc2ccc(OC)cc2)CCCC1. The van der Waals surface area contributed by atoms with E-state index in [1.807, 2.05) is 19.1 Å². The maximum Gasteiger partial charge on any atom is 0.306 e. The van der Waals surface area contributed by atoms with Crippen molar-refractivity contribution in [3.05, 3.63) is 29.8 Å². The van der Waals surface area contributed by atoms with Gasteiger partial charge >= 0.3 is 5.97 Å². The van der Waals surface area contributed by atoms with Crippen molar-refractivity contribution in [2.24, 2.45) is 5.41 Å². The average Bonchev–Trinajstić information content (AvgIpc) is 2.88. The highest BCUT2D eigenvalue weighted by molar-refractivity contribution is 5.70. The Balaban J connectivity index is 2.05. The lowest BCUT2D eigenvalue weighted by Crippen LogP contribution is -2.25. The van der Waals surface area contributed by atoms with E-state index in [9.17, 15) is 4.79 Å². The zero-order chi connectivity index (χ0) is 14.4. The minimum Gasteiger partial charge on any atom is -0.497 e. The minimum atomic E-state index is -0.0529. The molecule has 3 heteroatoms. The van der Waals surface area contributed by atoms with Crippen LogP contribution in [-0.4, -0.2) is 19.7 Å². The first-order chi connectivity index (χ1) is 9.67. The summed E-state index contributed by atoms with van der Waals surface area (Å²) in [4.78, 5) is 11.9. The van der Waals surface area contributed by atoms with Gasteiger partial charge in [0.2, 0.25) is 0 Å². The molecule has 0 aromatic heterocycles. The molecule has 0 bridgehead atoms. The minimum absolute atomic E-state index is 0.0529. The largest absolute Gasteiger partial charge is 0.497 e. The van der Waals surface area contributed by atoms with Crippen LogP contribution in [0.25, 0.3) is 0 Å². The van der Waals surface area contributed by atoms with Gasteiger partial charge in [0, 0.05) is 0 Å². The third-order valence-electron chi connectivity index (χ3n) is 4.23. The highest BCUT2D eigenvalue weighted by Gasteiger charge is 2.36. The summed E-state index contributed by atoms with van der Waals surface area (Å²) in [5, 5.41) is 0. The van der Waals surface area contributed by atoms with Gasteiger partial charge in [-0.15, -0.1) is 0 Å². The molecule has 0 amide bonds. The molecule has 0 atom stereocenters. The lowest BCUT2D eigenvalue weighted by Gasteiger charge is -2.28. The second-order valence-corrected chi connectivity index (χ2v) is 5.71. The van der Waals surface area contributed by atoms with E-state index in [4.69, 9.17) is 9.47 Å². The number of hydrogen-bond donors (Lipinski definition) is 0. The molecule has 0 heterocycles. The molecule has 1 fully saturated rings. The van der Waals surface area contributed by atoms with Gasteiger partial charge in [-0.3, -0.25) is 4.79 Å². The zero-order valence-corrected chi connectivity index (χ0v) is 12.5. The van der Waals surface area contributed by atoms with Crippen LogP contribution < -0.4 is 4.74 Å². The molecule has 1 aromatic rings. The lowest BCUT2D eigenvalue weighted by molar-refractivity contribution is -0.145. The van der Waals surface area contributed by atoms with Gasteiger partial charge in [-0.2, -0.15) is 0 Å². The van der Waals surface area contributed by atoms with E-state index in [0.717, 1.165) is 25.0 Å². The predicted molar refractivity (Wildman–Crippen MR) is 78.8 cm³/mol. The maximum absolute atomic E-state index is 11.9. The standard InChI is InChI=1S/C17H24O3/c1-3-20-16(18)13-17(10-4-5-11-17)12-14-6-8-15(19-2)9-7-14/h6-9H,3-5,10-13H2,1-2H3. The van der Waals surface area contributed by atoms with Crippen molar-refractivity contribution >= 4 is 5.97 Å². The smallest absolute Gasteiger partial charge is 0.306 e. The van der Waals surface area contributed by atoms with Gasteiger partial charge in [-0.1, -0.05) is 25.0 Å². The molecule has 0 spiro atoms. The van der Waals surface area contributed by atoms with Gasteiger partial charge < -0.3 is 9.47 Å². The van der Waals surface area contributed by atoms with Crippen molar-refractivity contribution in [1.29, 1.82) is 0 Å². The van der Waals surface area contributed by atoms with Gasteiger partial charge in [0.1, 0.15) is 5.75 Å². The van der Waals surface area contributed by atoms with Crippen LogP contribution in [0.1, 0.15) is 44.6 Å². The molecule has 1 saturated carbocycles. The molecule has 2 rings (SSSR count).